The molecule has 2 fully saturated rings. The van der Waals surface area contributed by atoms with Gasteiger partial charge in [-0.1, -0.05) is 30.3 Å². The van der Waals surface area contributed by atoms with Crippen LogP contribution in [0.4, 0.5) is 4.79 Å². The molecule has 0 atom stereocenters. The Morgan fingerprint density at radius 2 is 1.56 bits per heavy atom. The Hall–Kier alpha value is -4.14. The van der Waals surface area contributed by atoms with Crippen molar-refractivity contribution in [2.75, 3.05) is 13.1 Å². The van der Waals surface area contributed by atoms with Crippen LogP contribution in [0, 0.1) is 0 Å². The number of rotatable bonds is 8. The molecular formula is C32H37N5O4. The van der Waals surface area contributed by atoms with E-state index in [9.17, 15) is 14.4 Å². The van der Waals surface area contributed by atoms with Gasteiger partial charge in [0.15, 0.2) is 11.6 Å². The van der Waals surface area contributed by atoms with Crippen LogP contribution in [0.25, 0.3) is 11.4 Å². The summed E-state index contributed by atoms with van der Waals surface area (Å²) < 4.78 is 5.51. The number of hydrogen-bond acceptors (Lipinski definition) is 7. The molecule has 9 nitrogen and oxygen atoms in total. The molecule has 2 aromatic heterocycles. The SMILES string of the molecule is CC(C)(C)OC(=O)N1CCC(N(C(=O)c2cnc(-c3ccc(C(=O)CCc4cccnc4)cc3)nc2)C2CC2)CC1. The maximum Gasteiger partial charge on any atom is 0.410 e. The smallest absolute Gasteiger partial charge is 0.410 e. The van der Waals surface area contributed by atoms with Crippen molar-refractivity contribution in [3.63, 3.8) is 0 Å². The number of piperidine rings is 1. The van der Waals surface area contributed by atoms with Crippen molar-refractivity contribution in [1.82, 2.24) is 24.8 Å². The normalized spacial score (nSPS) is 15.8. The van der Waals surface area contributed by atoms with Gasteiger partial charge in [-0.05, 0) is 64.5 Å². The van der Waals surface area contributed by atoms with Gasteiger partial charge >= 0.3 is 6.09 Å². The molecule has 0 spiro atoms. The lowest BCUT2D eigenvalue weighted by molar-refractivity contribution is 0.0142. The lowest BCUT2D eigenvalue weighted by Crippen LogP contribution is -2.50. The van der Waals surface area contributed by atoms with Crippen molar-refractivity contribution in [2.45, 2.75) is 77.0 Å². The highest BCUT2D eigenvalue weighted by Crippen LogP contribution is 2.33. The van der Waals surface area contributed by atoms with E-state index in [0.29, 0.717) is 55.7 Å². The summed E-state index contributed by atoms with van der Waals surface area (Å²) in [4.78, 5) is 55.4. The van der Waals surface area contributed by atoms with E-state index in [2.05, 4.69) is 15.0 Å². The fourth-order valence-electron chi connectivity index (χ4n) is 5.13. The molecule has 1 aliphatic carbocycles. The van der Waals surface area contributed by atoms with E-state index in [1.807, 2.05) is 49.9 Å². The number of aromatic nitrogens is 3. The molecule has 1 saturated carbocycles. The molecule has 214 valence electrons. The molecule has 2 amide bonds. The lowest BCUT2D eigenvalue weighted by Gasteiger charge is -2.39. The Morgan fingerprint density at radius 1 is 0.902 bits per heavy atom. The van der Waals surface area contributed by atoms with Crippen LogP contribution < -0.4 is 0 Å². The second kappa shape index (κ2) is 12.2. The summed E-state index contributed by atoms with van der Waals surface area (Å²) in [5.74, 6) is 0.503. The zero-order valence-corrected chi connectivity index (χ0v) is 24.0. The van der Waals surface area contributed by atoms with Crippen LogP contribution in [0.1, 0.15) is 79.2 Å². The Bertz CT molecular complexity index is 1360. The summed E-state index contributed by atoms with van der Waals surface area (Å²) in [5.41, 5.74) is 2.38. The number of pyridine rings is 1. The van der Waals surface area contributed by atoms with Crippen LogP contribution in [0.2, 0.25) is 0 Å². The van der Waals surface area contributed by atoms with E-state index in [1.165, 1.54) is 0 Å². The van der Waals surface area contributed by atoms with Gasteiger partial charge in [-0.25, -0.2) is 14.8 Å². The quantitative estimate of drug-likeness (QED) is 0.345. The summed E-state index contributed by atoms with van der Waals surface area (Å²) in [7, 11) is 0. The highest BCUT2D eigenvalue weighted by Gasteiger charge is 2.40. The average Bonchev–Trinajstić information content (AvgIpc) is 3.81. The van der Waals surface area contributed by atoms with Crippen molar-refractivity contribution >= 4 is 17.8 Å². The van der Waals surface area contributed by atoms with Gasteiger partial charge in [0.25, 0.3) is 5.91 Å². The number of Topliss-reactive ketones (excluding diaryl/α,β-unsaturated/α-hetero) is 1. The van der Waals surface area contributed by atoms with E-state index in [0.717, 1.165) is 24.0 Å². The number of ketones is 1. The number of hydrogen-bond donors (Lipinski definition) is 0. The van der Waals surface area contributed by atoms with Crippen LogP contribution in [0.15, 0.2) is 61.2 Å². The zero-order valence-electron chi connectivity index (χ0n) is 24.0. The first-order chi connectivity index (χ1) is 19.7. The number of aryl methyl sites for hydroxylation is 1. The first-order valence-corrected chi connectivity index (χ1v) is 14.3. The van der Waals surface area contributed by atoms with Gasteiger partial charge < -0.3 is 14.5 Å². The van der Waals surface area contributed by atoms with Crippen molar-refractivity contribution in [2.24, 2.45) is 0 Å². The standard InChI is InChI=1S/C32H37N5O4/c1-32(2,3)41-31(40)36-17-14-27(15-18-36)37(26-11-12-26)30(39)25-20-34-29(35-21-25)24-9-7-23(8-10-24)28(38)13-6-22-5-4-16-33-19-22/h4-5,7-10,16,19-21,26-27H,6,11-15,17-18H2,1-3H3. The largest absolute Gasteiger partial charge is 0.444 e. The summed E-state index contributed by atoms with van der Waals surface area (Å²) in [5, 5.41) is 0. The van der Waals surface area contributed by atoms with E-state index in [-0.39, 0.29) is 29.9 Å². The van der Waals surface area contributed by atoms with E-state index < -0.39 is 5.60 Å². The minimum atomic E-state index is -0.532. The van der Waals surface area contributed by atoms with Crippen LogP contribution >= 0.6 is 0 Å². The summed E-state index contributed by atoms with van der Waals surface area (Å²) in [6.45, 7) is 6.71. The van der Waals surface area contributed by atoms with E-state index >= 15 is 0 Å². The third-order valence-corrected chi connectivity index (χ3v) is 7.41. The third kappa shape index (κ3) is 7.34. The molecule has 41 heavy (non-hydrogen) atoms. The van der Waals surface area contributed by atoms with Crippen molar-refractivity contribution < 1.29 is 19.1 Å². The predicted molar refractivity (Wildman–Crippen MR) is 154 cm³/mol. The molecule has 3 heterocycles. The molecule has 0 radical (unpaired) electrons. The molecular weight excluding hydrogens is 518 g/mol. The van der Waals surface area contributed by atoms with Gasteiger partial charge in [0.2, 0.25) is 0 Å². The molecule has 1 saturated heterocycles. The van der Waals surface area contributed by atoms with Crippen LogP contribution in [-0.2, 0) is 11.2 Å². The number of likely N-dealkylation sites (tertiary alicyclic amines) is 1. The fourth-order valence-corrected chi connectivity index (χ4v) is 5.13. The zero-order chi connectivity index (χ0) is 29.0. The topological polar surface area (TPSA) is 106 Å². The predicted octanol–water partition coefficient (Wildman–Crippen LogP) is 5.36. The molecule has 0 bridgehead atoms. The Labute approximate surface area is 241 Å². The second-order valence-corrected chi connectivity index (χ2v) is 11.8. The Kier molecular flexibility index (Phi) is 8.42. The van der Waals surface area contributed by atoms with Crippen molar-refractivity contribution in [3.8, 4) is 11.4 Å². The molecule has 0 N–H and O–H groups in total. The molecule has 5 rings (SSSR count). The first kappa shape index (κ1) is 28.4. The summed E-state index contributed by atoms with van der Waals surface area (Å²) in [6.07, 6.45) is 10.8. The van der Waals surface area contributed by atoms with Gasteiger partial charge in [0.1, 0.15) is 5.60 Å². The summed E-state index contributed by atoms with van der Waals surface area (Å²) >= 11 is 0. The van der Waals surface area contributed by atoms with E-state index in [1.54, 1.807) is 41.8 Å². The molecule has 0 unspecified atom stereocenters. The van der Waals surface area contributed by atoms with Crippen molar-refractivity contribution in [3.05, 3.63) is 77.9 Å². The number of carbonyl (C=O) groups excluding carboxylic acids is 3. The number of amides is 2. The maximum atomic E-state index is 13.6. The second-order valence-electron chi connectivity index (χ2n) is 11.8. The van der Waals surface area contributed by atoms with Crippen molar-refractivity contribution in [1.29, 1.82) is 0 Å². The Balaban J connectivity index is 1.18. The monoisotopic (exact) mass is 555 g/mol. The van der Waals surface area contributed by atoms with Gasteiger partial charge in [-0.2, -0.15) is 0 Å². The van der Waals surface area contributed by atoms with Gasteiger partial charge in [-0.3, -0.25) is 14.6 Å². The van der Waals surface area contributed by atoms with Gasteiger partial charge in [0, 0.05) is 67.5 Å². The molecule has 1 aromatic carbocycles. The minimum Gasteiger partial charge on any atom is -0.444 e. The maximum absolute atomic E-state index is 13.6. The van der Waals surface area contributed by atoms with Crippen LogP contribution in [0.5, 0.6) is 0 Å². The number of nitrogens with zero attached hydrogens (tertiary/aromatic N) is 5. The van der Waals surface area contributed by atoms with E-state index in [4.69, 9.17) is 4.74 Å². The highest BCUT2D eigenvalue weighted by atomic mass is 16.6. The molecule has 3 aromatic rings. The number of carbonyl (C=O) groups is 3. The van der Waals surface area contributed by atoms with Gasteiger partial charge in [0.05, 0.1) is 5.56 Å². The Morgan fingerprint density at radius 3 is 2.15 bits per heavy atom. The minimum absolute atomic E-state index is 0.0654. The molecule has 9 heteroatoms. The van der Waals surface area contributed by atoms with Gasteiger partial charge in [-0.15, -0.1) is 0 Å². The number of benzene rings is 1. The lowest BCUT2D eigenvalue weighted by atomic mass is 10.0. The molecule has 1 aliphatic heterocycles. The first-order valence-electron chi connectivity index (χ1n) is 14.3. The van der Waals surface area contributed by atoms with Crippen LogP contribution in [0.3, 0.4) is 0 Å². The fraction of sp³-hybridized carbons (Fsp3) is 0.438. The average molecular weight is 556 g/mol. The molecule has 2 aliphatic rings. The van der Waals surface area contributed by atoms with Crippen LogP contribution in [-0.4, -0.2) is 73.3 Å². The third-order valence-electron chi connectivity index (χ3n) is 7.41. The summed E-state index contributed by atoms with van der Waals surface area (Å²) in [6, 6.07) is 11.4. The number of ether oxygens (including phenoxy) is 1. The highest BCUT2D eigenvalue weighted by molar-refractivity contribution is 5.96.